The monoisotopic (exact) mass is 540 g/mol. The van der Waals surface area contributed by atoms with Gasteiger partial charge in [-0.2, -0.15) is 0 Å². The van der Waals surface area contributed by atoms with E-state index in [1.807, 2.05) is 91.0 Å². The van der Waals surface area contributed by atoms with Gasteiger partial charge >= 0.3 is 5.97 Å². The number of esters is 1. The molecular formula is C33H33O5P. The van der Waals surface area contributed by atoms with Crippen molar-refractivity contribution in [2.45, 2.75) is 20.0 Å². The fourth-order valence-electron chi connectivity index (χ4n) is 4.33. The van der Waals surface area contributed by atoms with Gasteiger partial charge in [-0.25, -0.2) is 4.79 Å². The van der Waals surface area contributed by atoms with E-state index in [0.717, 1.165) is 5.56 Å². The van der Waals surface area contributed by atoms with Crippen LogP contribution >= 0.6 is 7.14 Å². The molecule has 4 aromatic rings. The first-order valence-electron chi connectivity index (χ1n) is 12.7. The molecule has 6 heteroatoms. The van der Waals surface area contributed by atoms with Gasteiger partial charge in [0.1, 0.15) is 5.75 Å². The van der Waals surface area contributed by atoms with Crippen molar-refractivity contribution in [1.82, 2.24) is 0 Å². The minimum Gasteiger partial charge on any atom is -0.497 e. The van der Waals surface area contributed by atoms with Crippen molar-refractivity contribution in [1.29, 1.82) is 0 Å². The number of aliphatic hydroxyl groups excluding tert-OH is 1. The van der Waals surface area contributed by atoms with Gasteiger partial charge in [0, 0.05) is 21.3 Å². The van der Waals surface area contributed by atoms with Crippen LogP contribution in [0.2, 0.25) is 0 Å². The first-order valence-corrected chi connectivity index (χ1v) is 14.4. The van der Waals surface area contributed by atoms with E-state index in [4.69, 9.17) is 9.47 Å². The number of hydrogen-bond donors (Lipinski definition) is 1. The summed E-state index contributed by atoms with van der Waals surface area (Å²) in [7, 11) is -1.95. The molecule has 0 spiro atoms. The van der Waals surface area contributed by atoms with Gasteiger partial charge in [-0.15, -0.1) is 0 Å². The van der Waals surface area contributed by atoms with E-state index < -0.39 is 24.6 Å². The van der Waals surface area contributed by atoms with E-state index in [0.29, 0.717) is 27.2 Å². The van der Waals surface area contributed by atoms with Crippen LogP contribution in [0, 0.1) is 5.41 Å². The molecule has 200 valence electrons. The van der Waals surface area contributed by atoms with Crippen LogP contribution < -0.4 is 15.3 Å². The molecule has 1 N–H and O–H groups in total. The quantitative estimate of drug-likeness (QED) is 0.189. The molecule has 4 aromatic carbocycles. The number of benzene rings is 4. The second-order valence-corrected chi connectivity index (χ2v) is 12.7. The number of rotatable bonds is 10. The zero-order valence-corrected chi connectivity index (χ0v) is 23.3. The highest BCUT2D eigenvalue weighted by molar-refractivity contribution is 7.82. The summed E-state index contributed by atoms with van der Waals surface area (Å²) in [6.45, 7) is 3.52. The molecule has 0 saturated heterocycles. The minimum absolute atomic E-state index is 0.0886. The number of aliphatic hydroxyl groups is 1. The third-order valence-corrected chi connectivity index (χ3v) is 9.79. The summed E-state index contributed by atoms with van der Waals surface area (Å²) in [4.78, 5) is 12.8. The van der Waals surface area contributed by atoms with Crippen molar-refractivity contribution in [3.05, 3.63) is 132 Å². The maximum Gasteiger partial charge on any atom is 0.338 e. The van der Waals surface area contributed by atoms with Crippen LogP contribution in [-0.4, -0.2) is 30.9 Å². The molecule has 0 aliphatic rings. The second-order valence-electron chi connectivity index (χ2n) is 9.96. The maximum atomic E-state index is 15.3. The van der Waals surface area contributed by atoms with Gasteiger partial charge in [0.25, 0.3) is 0 Å². The van der Waals surface area contributed by atoms with E-state index in [1.165, 1.54) is 0 Å². The summed E-state index contributed by atoms with van der Waals surface area (Å²) in [6, 6.07) is 34.6. The topological polar surface area (TPSA) is 72.8 Å². The first kappa shape index (κ1) is 28.1. The van der Waals surface area contributed by atoms with Gasteiger partial charge < -0.3 is 19.1 Å². The van der Waals surface area contributed by atoms with Gasteiger partial charge in [-0.05, 0) is 35.9 Å². The van der Waals surface area contributed by atoms with Crippen LogP contribution in [-0.2, 0) is 9.30 Å². The van der Waals surface area contributed by atoms with E-state index in [-0.39, 0.29) is 6.61 Å². The van der Waals surface area contributed by atoms with Gasteiger partial charge in [0.2, 0.25) is 0 Å². The molecule has 0 aromatic heterocycles. The average Bonchev–Trinajstić information content (AvgIpc) is 2.99. The lowest BCUT2D eigenvalue weighted by Crippen LogP contribution is -2.38. The third kappa shape index (κ3) is 6.39. The van der Waals surface area contributed by atoms with Gasteiger partial charge in [-0.3, -0.25) is 0 Å². The fraction of sp³-hybridized carbons (Fsp3) is 0.182. The van der Waals surface area contributed by atoms with Crippen LogP contribution in [0.25, 0.3) is 6.08 Å². The summed E-state index contributed by atoms with van der Waals surface area (Å²) in [6.07, 6.45) is 0.603. The van der Waals surface area contributed by atoms with Crippen molar-refractivity contribution in [3.8, 4) is 5.75 Å². The van der Waals surface area contributed by atoms with Crippen molar-refractivity contribution >= 4 is 29.8 Å². The molecule has 0 fully saturated rings. The predicted molar refractivity (Wildman–Crippen MR) is 157 cm³/mol. The normalized spacial score (nSPS) is 13.0. The van der Waals surface area contributed by atoms with E-state index in [1.54, 1.807) is 51.3 Å². The van der Waals surface area contributed by atoms with Crippen LogP contribution in [0.4, 0.5) is 0 Å². The summed E-state index contributed by atoms with van der Waals surface area (Å²) in [5.41, 5.74) is 0.215. The summed E-state index contributed by atoms with van der Waals surface area (Å²) in [5, 5.41) is 13.6. The Balaban J connectivity index is 1.75. The molecule has 39 heavy (non-hydrogen) atoms. The molecular weight excluding hydrogens is 507 g/mol. The Morgan fingerprint density at radius 3 is 1.79 bits per heavy atom. The second kappa shape index (κ2) is 12.3. The van der Waals surface area contributed by atoms with Gasteiger partial charge in [0.15, 0.2) is 7.14 Å². The Labute approximate surface area is 230 Å². The Morgan fingerprint density at radius 1 is 0.821 bits per heavy atom. The van der Waals surface area contributed by atoms with E-state index >= 15 is 4.57 Å². The number of carbonyl (C=O) groups excluding carboxylic acids is 1. The summed E-state index contributed by atoms with van der Waals surface area (Å²) < 4.78 is 26.1. The fourth-order valence-corrected chi connectivity index (χ4v) is 7.43. The molecule has 0 aliphatic heterocycles. The highest BCUT2D eigenvalue weighted by Crippen LogP contribution is 2.56. The van der Waals surface area contributed by atoms with E-state index in [2.05, 4.69) is 0 Å². The smallest absolute Gasteiger partial charge is 0.338 e. The Hall–Kier alpha value is -3.92. The maximum absolute atomic E-state index is 15.3. The molecule has 0 bridgehead atoms. The van der Waals surface area contributed by atoms with Gasteiger partial charge in [0.05, 0.1) is 25.4 Å². The van der Waals surface area contributed by atoms with E-state index in [9.17, 15) is 9.90 Å². The number of ether oxygens (including phenoxy) is 2. The molecule has 5 nitrogen and oxygen atoms in total. The van der Waals surface area contributed by atoms with Crippen LogP contribution in [0.5, 0.6) is 5.75 Å². The third-order valence-electron chi connectivity index (χ3n) is 6.64. The zero-order valence-electron chi connectivity index (χ0n) is 22.4. The molecule has 1 unspecified atom stereocenters. The van der Waals surface area contributed by atoms with Crippen LogP contribution in [0.1, 0.15) is 29.8 Å². The highest BCUT2D eigenvalue weighted by Gasteiger charge is 2.42. The minimum atomic E-state index is -3.51. The molecule has 1 atom stereocenters. The Morgan fingerprint density at radius 2 is 1.31 bits per heavy atom. The van der Waals surface area contributed by atoms with Crippen molar-refractivity contribution in [2.75, 3.05) is 13.7 Å². The highest BCUT2D eigenvalue weighted by atomic mass is 31.2. The molecule has 0 saturated carbocycles. The largest absolute Gasteiger partial charge is 0.497 e. The van der Waals surface area contributed by atoms with Crippen molar-refractivity contribution in [2.24, 2.45) is 5.41 Å². The molecule has 0 amide bonds. The standard InChI is InChI=1S/C33H33O5P/c1-33(2,24-38-32(35)26-19-21-27(37-3)22-20-26)31(34)30(23-25-13-7-4-8-14-25)39(36,28-15-9-5-10-16-28)29-17-11-6-12-18-29/h4-23,31,34H,24H2,1-3H3/b30-23+. The molecule has 4 rings (SSSR count). The number of methoxy groups -OCH3 is 1. The van der Waals surface area contributed by atoms with Gasteiger partial charge in [-0.1, -0.05) is 105 Å². The predicted octanol–water partition coefficient (Wildman–Crippen LogP) is 6.29. The lowest BCUT2D eigenvalue weighted by atomic mass is 9.86. The average molecular weight is 541 g/mol. The zero-order chi connectivity index (χ0) is 27.9. The molecule has 0 aliphatic carbocycles. The lowest BCUT2D eigenvalue weighted by molar-refractivity contribution is 0.00297. The van der Waals surface area contributed by atoms with Crippen molar-refractivity contribution in [3.63, 3.8) is 0 Å². The molecule has 0 radical (unpaired) electrons. The summed E-state index contributed by atoms with van der Waals surface area (Å²) >= 11 is 0. The lowest BCUT2D eigenvalue weighted by Gasteiger charge is -2.35. The summed E-state index contributed by atoms with van der Waals surface area (Å²) in [5.74, 6) is 0.122. The first-order chi connectivity index (χ1) is 18.8. The SMILES string of the molecule is COc1ccc(C(=O)OCC(C)(C)C(O)/C(=C\c2ccccc2)P(=O)(c2ccccc2)c2ccccc2)cc1. The Bertz CT molecular complexity index is 1400. The molecule has 0 heterocycles. The number of carbonyl (C=O) groups is 1. The van der Waals surface area contributed by atoms with Crippen molar-refractivity contribution < 1.29 is 23.9 Å². The number of hydrogen-bond acceptors (Lipinski definition) is 5. The Kier molecular flexibility index (Phi) is 8.86. The van der Waals surface area contributed by atoms with Crippen LogP contribution in [0.15, 0.2) is 121 Å². The van der Waals surface area contributed by atoms with Crippen LogP contribution in [0.3, 0.4) is 0 Å².